The summed E-state index contributed by atoms with van der Waals surface area (Å²) in [5.41, 5.74) is 6.33. The molecule has 2 amide bonds. The van der Waals surface area contributed by atoms with Gasteiger partial charge in [0.05, 0.1) is 4.88 Å². The third-order valence-electron chi connectivity index (χ3n) is 3.84. The van der Waals surface area contributed by atoms with E-state index in [-0.39, 0.29) is 22.6 Å². The van der Waals surface area contributed by atoms with Crippen LogP contribution in [0.5, 0.6) is 0 Å². The van der Waals surface area contributed by atoms with Gasteiger partial charge in [0, 0.05) is 21.7 Å². The second-order valence-electron chi connectivity index (χ2n) is 5.62. The summed E-state index contributed by atoms with van der Waals surface area (Å²) in [5, 5.41) is 2.60. The minimum atomic E-state index is -0.783. The first-order valence-electron chi connectivity index (χ1n) is 7.62. The second kappa shape index (κ2) is 7.05. The summed E-state index contributed by atoms with van der Waals surface area (Å²) in [7, 11) is 0. The lowest BCUT2D eigenvalue weighted by atomic mass is 10.1. The van der Waals surface area contributed by atoms with Crippen molar-refractivity contribution in [2.75, 3.05) is 5.32 Å². The molecule has 0 aliphatic rings. The lowest BCUT2D eigenvalue weighted by molar-refractivity contribution is 0.0996. The van der Waals surface area contributed by atoms with Crippen molar-refractivity contribution in [3.63, 3.8) is 0 Å². The van der Waals surface area contributed by atoms with Gasteiger partial charge in [0.25, 0.3) is 5.91 Å². The van der Waals surface area contributed by atoms with Gasteiger partial charge in [0.15, 0.2) is 0 Å². The van der Waals surface area contributed by atoms with E-state index in [0.717, 1.165) is 16.5 Å². The van der Waals surface area contributed by atoms with Crippen molar-refractivity contribution in [2.24, 2.45) is 5.73 Å². The van der Waals surface area contributed by atoms with Crippen molar-refractivity contribution in [3.8, 4) is 10.4 Å². The molecule has 0 fully saturated rings. The SMILES string of the molecule is Cc1c(F)cc(C(N)=O)cc1NC(=O)c1ccc(-c2ccc(F)cc2)s1. The maximum Gasteiger partial charge on any atom is 0.265 e. The van der Waals surface area contributed by atoms with Crippen LogP contribution in [0.15, 0.2) is 48.5 Å². The zero-order chi connectivity index (χ0) is 18.8. The summed E-state index contributed by atoms with van der Waals surface area (Å²) < 4.78 is 26.9. The molecule has 0 radical (unpaired) electrons. The Hall–Kier alpha value is -3.06. The van der Waals surface area contributed by atoms with E-state index in [1.165, 1.54) is 36.5 Å². The Balaban J connectivity index is 1.85. The van der Waals surface area contributed by atoms with Crippen LogP contribution in [0.4, 0.5) is 14.5 Å². The molecule has 0 saturated heterocycles. The highest BCUT2D eigenvalue weighted by atomic mass is 32.1. The lowest BCUT2D eigenvalue weighted by Gasteiger charge is -2.10. The van der Waals surface area contributed by atoms with Crippen molar-refractivity contribution < 1.29 is 18.4 Å². The van der Waals surface area contributed by atoms with Gasteiger partial charge in [-0.25, -0.2) is 8.78 Å². The molecule has 4 nitrogen and oxygen atoms in total. The van der Waals surface area contributed by atoms with Gasteiger partial charge in [0.2, 0.25) is 5.91 Å². The van der Waals surface area contributed by atoms with Crippen molar-refractivity contribution in [3.05, 3.63) is 76.2 Å². The molecule has 1 aromatic heterocycles. The van der Waals surface area contributed by atoms with E-state index < -0.39 is 17.6 Å². The van der Waals surface area contributed by atoms with Crippen LogP contribution in [-0.2, 0) is 0 Å². The van der Waals surface area contributed by atoms with Gasteiger partial charge in [-0.05, 0) is 48.9 Å². The van der Waals surface area contributed by atoms with Crippen LogP contribution in [0.25, 0.3) is 10.4 Å². The van der Waals surface area contributed by atoms with Gasteiger partial charge in [-0.1, -0.05) is 12.1 Å². The Kier molecular flexibility index (Phi) is 4.81. The number of rotatable bonds is 4. The predicted molar refractivity (Wildman–Crippen MR) is 97.3 cm³/mol. The van der Waals surface area contributed by atoms with Gasteiger partial charge in [-0.2, -0.15) is 0 Å². The summed E-state index contributed by atoms with van der Waals surface area (Å²) in [4.78, 5) is 24.9. The Labute approximate surface area is 152 Å². The average molecular weight is 372 g/mol. The van der Waals surface area contributed by atoms with Crippen molar-refractivity contribution >= 4 is 28.8 Å². The molecule has 132 valence electrons. The summed E-state index contributed by atoms with van der Waals surface area (Å²) in [6.07, 6.45) is 0. The number of amides is 2. The molecule has 0 unspecified atom stereocenters. The van der Waals surface area contributed by atoms with Crippen molar-refractivity contribution in [1.82, 2.24) is 0 Å². The fourth-order valence-corrected chi connectivity index (χ4v) is 3.27. The van der Waals surface area contributed by atoms with Crippen molar-refractivity contribution in [1.29, 1.82) is 0 Å². The highest BCUT2D eigenvalue weighted by molar-refractivity contribution is 7.17. The Bertz CT molecular complexity index is 997. The molecule has 0 atom stereocenters. The lowest BCUT2D eigenvalue weighted by Crippen LogP contribution is -2.15. The normalized spacial score (nSPS) is 10.6. The smallest absolute Gasteiger partial charge is 0.265 e. The monoisotopic (exact) mass is 372 g/mol. The van der Waals surface area contributed by atoms with Gasteiger partial charge < -0.3 is 11.1 Å². The minimum Gasteiger partial charge on any atom is -0.366 e. The van der Waals surface area contributed by atoms with E-state index in [1.54, 1.807) is 24.3 Å². The van der Waals surface area contributed by atoms with E-state index in [1.807, 2.05) is 0 Å². The number of primary amides is 1. The van der Waals surface area contributed by atoms with Crippen LogP contribution >= 0.6 is 11.3 Å². The van der Waals surface area contributed by atoms with Gasteiger partial charge in [-0.15, -0.1) is 11.3 Å². The van der Waals surface area contributed by atoms with Gasteiger partial charge in [0.1, 0.15) is 11.6 Å². The Morgan fingerprint density at radius 1 is 1.04 bits per heavy atom. The first-order chi connectivity index (χ1) is 12.3. The number of hydrogen-bond acceptors (Lipinski definition) is 3. The highest BCUT2D eigenvalue weighted by Gasteiger charge is 2.15. The molecule has 7 heteroatoms. The molecule has 0 bridgehead atoms. The van der Waals surface area contributed by atoms with E-state index in [0.29, 0.717) is 4.88 Å². The highest BCUT2D eigenvalue weighted by Crippen LogP contribution is 2.29. The van der Waals surface area contributed by atoms with Crippen LogP contribution in [0.3, 0.4) is 0 Å². The van der Waals surface area contributed by atoms with Crippen molar-refractivity contribution in [2.45, 2.75) is 6.92 Å². The largest absolute Gasteiger partial charge is 0.366 e. The third kappa shape index (κ3) is 3.62. The van der Waals surface area contributed by atoms with Gasteiger partial charge in [-0.3, -0.25) is 9.59 Å². The molecule has 0 aliphatic carbocycles. The van der Waals surface area contributed by atoms with E-state index in [9.17, 15) is 18.4 Å². The number of anilines is 1. The zero-order valence-electron chi connectivity index (χ0n) is 13.7. The van der Waals surface area contributed by atoms with E-state index >= 15 is 0 Å². The molecule has 3 rings (SSSR count). The number of hydrogen-bond donors (Lipinski definition) is 2. The molecule has 3 aromatic rings. The number of nitrogens with one attached hydrogen (secondary N) is 1. The van der Waals surface area contributed by atoms with Crippen LogP contribution in [0.1, 0.15) is 25.6 Å². The Morgan fingerprint density at radius 3 is 2.38 bits per heavy atom. The maximum atomic E-state index is 13.9. The molecule has 0 spiro atoms. The first-order valence-corrected chi connectivity index (χ1v) is 8.44. The van der Waals surface area contributed by atoms with Crippen LogP contribution in [0, 0.1) is 18.6 Å². The number of carbonyl (C=O) groups is 2. The summed E-state index contributed by atoms with van der Waals surface area (Å²) in [6, 6.07) is 11.7. The fourth-order valence-electron chi connectivity index (χ4n) is 2.36. The maximum absolute atomic E-state index is 13.9. The molecule has 0 aliphatic heterocycles. The number of nitrogens with two attached hydrogens (primary N) is 1. The summed E-state index contributed by atoms with van der Waals surface area (Å²) >= 11 is 1.22. The van der Waals surface area contributed by atoms with E-state index in [2.05, 4.69) is 5.32 Å². The molecular weight excluding hydrogens is 358 g/mol. The van der Waals surface area contributed by atoms with Crippen LogP contribution in [0.2, 0.25) is 0 Å². The standard InChI is InChI=1S/C19H14F2N2O2S/c1-10-14(21)8-12(18(22)24)9-15(10)23-19(25)17-7-6-16(26-17)11-2-4-13(20)5-3-11/h2-9H,1H3,(H2,22,24)(H,23,25). The summed E-state index contributed by atoms with van der Waals surface area (Å²) in [5.74, 6) is -2.19. The van der Waals surface area contributed by atoms with Crippen LogP contribution < -0.4 is 11.1 Å². The molecule has 0 saturated carbocycles. The molecule has 26 heavy (non-hydrogen) atoms. The van der Waals surface area contributed by atoms with E-state index in [4.69, 9.17) is 5.73 Å². The molecular formula is C19H14F2N2O2S. The summed E-state index contributed by atoms with van der Waals surface area (Å²) in [6.45, 7) is 1.49. The van der Waals surface area contributed by atoms with Crippen LogP contribution in [-0.4, -0.2) is 11.8 Å². The molecule has 2 aromatic carbocycles. The fraction of sp³-hybridized carbons (Fsp3) is 0.0526. The third-order valence-corrected chi connectivity index (χ3v) is 4.97. The quantitative estimate of drug-likeness (QED) is 0.714. The number of thiophene rings is 1. The first kappa shape index (κ1) is 17.8. The average Bonchev–Trinajstić information content (AvgIpc) is 3.09. The number of carbonyl (C=O) groups excluding carboxylic acids is 2. The topological polar surface area (TPSA) is 72.2 Å². The second-order valence-corrected chi connectivity index (χ2v) is 6.70. The molecule has 1 heterocycles. The predicted octanol–water partition coefficient (Wildman–Crippen LogP) is 4.35. The number of halogens is 2. The zero-order valence-corrected chi connectivity index (χ0v) is 14.5. The Morgan fingerprint density at radius 2 is 1.73 bits per heavy atom. The van der Waals surface area contributed by atoms with Gasteiger partial charge >= 0.3 is 0 Å². The minimum absolute atomic E-state index is 0.0263. The molecule has 3 N–H and O–H groups in total. The number of benzene rings is 2.